The first kappa shape index (κ1) is 59.6. The molecule has 0 aliphatic heterocycles. The summed E-state index contributed by atoms with van der Waals surface area (Å²) < 4.78 is 0. The normalized spacial score (nSPS) is 3.43. The van der Waals surface area contributed by atoms with E-state index in [4.69, 9.17) is 60.7 Å². The summed E-state index contributed by atoms with van der Waals surface area (Å²) in [5.41, 5.74) is 0. The summed E-state index contributed by atoms with van der Waals surface area (Å²) in [6.07, 6.45) is 0. The molecule has 0 fully saturated rings. The Kier molecular flexibility index (Phi) is 691. The van der Waals surface area contributed by atoms with E-state index >= 15 is 0 Å². The Bertz CT molecular complexity index is 123. The van der Waals surface area contributed by atoms with Crippen LogP contribution in [-0.2, 0) is 20.1 Å². The Morgan fingerprint density at radius 2 is 0.381 bits per heavy atom. The zero-order valence-corrected chi connectivity index (χ0v) is 16.3. The van der Waals surface area contributed by atoms with Crippen LogP contribution >= 0.6 is 0 Å². The van der Waals surface area contributed by atoms with Crippen LogP contribution in [0.2, 0.25) is 0 Å². The number of hydrogen-bond donors (Lipinski definition) is 0. The molecule has 0 amide bonds. The predicted molar refractivity (Wildman–Crippen MR) is 55.0 cm³/mol. The van der Waals surface area contributed by atoms with E-state index < -0.39 is 0 Å². The second-order valence-corrected chi connectivity index (χ2v) is 0.447. The Morgan fingerprint density at radius 1 is 0.381 bits per heavy atom. The third-order valence-electron chi connectivity index (χ3n) is 0. The minimum absolute atomic E-state index is 0. The average Bonchev–Trinajstić information content (AvgIpc) is 2.23. The monoisotopic (exact) mass is 515 g/mol. The summed E-state index contributed by atoms with van der Waals surface area (Å²) in [6, 6.07) is 0. The molecule has 0 rings (SSSR count). The van der Waals surface area contributed by atoms with Gasteiger partial charge in [0, 0.05) is 20.1 Å². The SMILES string of the molecule is O=N[O-].O=N[O-].O=N[O-].O=N[O-].O=N[O-].O=N[O-].[Ir].[Na+].[Na+]. The molecular weight excluding hydrogens is 514 g/mol. The third kappa shape index (κ3) is 6130. The molecule has 0 aromatic rings. The van der Waals surface area contributed by atoms with Crippen LogP contribution in [0, 0.1) is 60.7 Å². The molecule has 1 radical (unpaired) electrons. The van der Waals surface area contributed by atoms with Gasteiger partial charge in [-0.1, -0.05) is 0 Å². The van der Waals surface area contributed by atoms with E-state index in [-0.39, 0.29) is 79.2 Å². The summed E-state index contributed by atoms with van der Waals surface area (Å²) in [5, 5.41) is 54.0. The molecule has 0 aliphatic carbocycles. The number of hydrogen-bond acceptors (Lipinski definition) is 18. The largest absolute Gasteiger partial charge is 1.00 e. The Balaban J connectivity index is -0.0000000114. The molecule has 0 saturated carbocycles. The van der Waals surface area contributed by atoms with Crippen LogP contribution in [0.1, 0.15) is 0 Å². The van der Waals surface area contributed by atoms with Gasteiger partial charge in [-0.05, 0) is 0 Å². The van der Waals surface area contributed by atoms with Crippen LogP contribution < -0.4 is 59.1 Å². The Morgan fingerprint density at radius 3 is 0.381 bits per heavy atom. The van der Waals surface area contributed by atoms with E-state index in [9.17, 15) is 0 Å². The molecule has 0 aliphatic rings. The Labute approximate surface area is 170 Å². The van der Waals surface area contributed by atoms with Crippen molar-refractivity contribution in [3.8, 4) is 0 Å². The molecule has 0 bridgehead atoms. The van der Waals surface area contributed by atoms with Crippen molar-refractivity contribution in [1.82, 2.24) is 0 Å². The van der Waals surface area contributed by atoms with Gasteiger partial charge < -0.3 is 60.7 Å². The molecule has 0 N–H and O–H groups in total. The zero-order valence-electron chi connectivity index (χ0n) is 9.92. The van der Waals surface area contributed by atoms with Crippen molar-refractivity contribution in [2.24, 2.45) is 32.0 Å². The molecule has 0 saturated heterocycles. The maximum atomic E-state index is 8.00. The number of nitrogens with zero attached hydrogens (tertiary/aromatic N) is 6. The molecule has 0 spiro atoms. The smallest absolute Gasteiger partial charge is 0.444 e. The predicted octanol–water partition coefficient (Wildman–Crippen LogP) is -4.49. The van der Waals surface area contributed by atoms with Crippen molar-refractivity contribution in [1.29, 1.82) is 0 Å². The van der Waals surface area contributed by atoms with Gasteiger partial charge in [0.15, 0.2) is 0 Å². The molecule has 0 atom stereocenters. The van der Waals surface area contributed by atoms with E-state index in [0.717, 1.165) is 32.0 Å². The topological polar surface area (TPSA) is 315 Å². The molecule has 18 nitrogen and oxygen atoms in total. The van der Waals surface area contributed by atoms with Gasteiger partial charge in [-0.15, -0.1) is 32.0 Å². The van der Waals surface area contributed by atoms with Crippen LogP contribution in [-0.4, -0.2) is 0 Å². The first-order valence-electron chi connectivity index (χ1n) is 2.19. The van der Waals surface area contributed by atoms with Crippen molar-refractivity contribution in [3.63, 3.8) is 0 Å². The van der Waals surface area contributed by atoms with Gasteiger partial charge in [-0.2, -0.15) is 0 Å². The summed E-state index contributed by atoms with van der Waals surface area (Å²) in [6.45, 7) is 0. The third-order valence-corrected chi connectivity index (χ3v) is 0. The maximum Gasteiger partial charge on any atom is 1.00 e. The van der Waals surface area contributed by atoms with Crippen LogP contribution in [0.25, 0.3) is 0 Å². The standard InChI is InChI=1S/Ir.6HNO2.2Na/c;6*2-1-3;;/h;6*(H,2,3);;/q;;;;;;;2*+1/p-6. The second kappa shape index (κ2) is 243. The van der Waals surface area contributed by atoms with Crippen molar-refractivity contribution >= 4 is 0 Å². The summed E-state index contributed by atoms with van der Waals surface area (Å²) in [5.74, 6) is 0. The van der Waals surface area contributed by atoms with E-state index in [1.54, 1.807) is 0 Å². The first-order valence-corrected chi connectivity index (χ1v) is 2.19. The molecule has 0 aromatic heterocycles. The second-order valence-electron chi connectivity index (χ2n) is 0.447. The quantitative estimate of drug-likeness (QED) is 0.168. The summed E-state index contributed by atoms with van der Waals surface area (Å²) in [4.78, 5) is 48.0. The zero-order chi connectivity index (χ0) is 16.2. The molecule has 21 heteroatoms. The molecule has 117 valence electrons. The molecule has 21 heavy (non-hydrogen) atoms. The van der Waals surface area contributed by atoms with Crippen molar-refractivity contribution < 1.29 is 79.2 Å². The van der Waals surface area contributed by atoms with Gasteiger partial charge in [-0.3, -0.25) is 0 Å². The van der Waals surface area contributed by atoms with Crippen LogP contribution in [0.5, 0.6) is 0 Å². The van der Waals surface area contributed by atoms with Gasteiger partial charge in [0.2, 0.25) is 0 Å². The van der Waals surface area contributed by atoms with Crippen LogP contribution in [0.4, 0.5) is 0 Å². The average molecular weight is 514 g/mol. The molecule has 0 aromatic carbocycles. The maximum absolute atomic E-state index is 8.00. The molecule has 0 heterocycles. The van der Waals surface area contributed by atoms with Gasteiger partial charge in [0.1, 0.15) is 0 Å². The Hall–Kier alpha value is -0.951. The summed E-state index contributed by atoms with van der Waals surface area (Å²) in [7, 11) is 0. The number of rotatable bonds is 0. The van der Waals surface area contributed by atoms with Gasteiger partial charge >= 0.3 is 59.1 Å². The summed E-state index contributed by atoms with van der Waals surface area (Å²) >= 11 is 0. The van der Waals surface area contributed by atoms with E-state index in [2.05, 4.69) is 0 Å². The van der Waals surface area contributed by atoms with Gasteiger partial charge in [-0.25, -0.2) is 0 Å². The van der Waals surface area contributed by atoms with E-state index in [1.807, 2.05) is 0 Å². The fourth-order valence-corrected chi connectivity index (χ4v) is 0. The van der Waals surface area contributed by atoms with Crippen molar-refractivity contribution in [2.75, 3.05) is 0 Å². The van der Waals surface area contributed by atoms with Crippen LogP contribution in [0.15, 0.2) is 32.0 Å². The molecular formula is IrN6Na2O12-4. The van der Waals surface area contributed by atoms with Gasteiger partial charge in [0.05, 0.1) is 0 Å². The minimum Gasteiger partial charge on any atom is -0.444 e. The van der Waals surface area contributed by atoms with Crippen molar-refractivity contribution in [3.05, 3.63) is 60.7 Å². The fraction of sp³-hybridized carbons (Fsp3) is 0. The molecule has 0 unspecified atom stereocenters. The first-order chi connectivity index (χ1) is 8.49. The van der Waals surface area contributed by atoms with E-state index in [1.165, 1.54) is 0 Å². The minimum atomic E-state index is 0. The van der Waals surface area contributed by atoms with E-state index in [0.29, 0.717) is 0 Å². The van der Waals surface area contributed by atoms with Crippen molar-refractivity contribution in [2.45, 2.75) is 0 Å². The fourth-order valence-electron chi connectivity index (χ4n) is 0. The van der Waals surface area contributed by atoms with Gasteiger partial charge in [0.25, 0.3) is 0 Å². The van der Waals surface area contributed by atoms with Crippen LogP contribution in [0.3, 0.4) is 0 Å².